The Morgan fingerprint density at radius 1 is 0.606 bits per heavy atom. The molecule has 14 nitrogen and oxygen atoms in total. The summed E-state index contributed by atoms with van der Waals surface area (Å²) in [6, 6.07) is 30.0. The number of amides is 3. The number of nitrogens with two attached hydrogens (primary N) is 3. The lowest BCUT2D eigenvalue weighted by Gasteiger charge is -2.26. The van der Waals surface area contributed by atoms with Crippen LogP contribution in [0.3, 0.4) is 0 Å². The van der Waals surface area contributed by atoms with Crippen LogP contribution in [0, 0.1) is 11.8 Å². The lowest BCUT2D eigenvalue weighted by atomic mass is 9.92. The zero-order valence-electron chi connectivity index (χ0n) is 38.7. The largest absolute Gasteiger partial charge is 0.493 e. The van der Waals surface area contributed by atoms with Crippen molar-refractivity contribution < 1.29 is 33.4 Å². The van der Waals surface area contributed by atoms with Gasteiger partial charge in [-0.05, 0) is 103 Å². The van der Waals surface area contributed by atoms with Gasteiger partial charge in [0.25, 0.3) is 5.91 Å². The van der Waals surface area contributed by atoms with Crippen molar-refractivity contribution in [2.75, 3.05) is 26.3 Å². The van der Waals surface area contributed by atoms with Crippen LogP contribution in [0.4, 0.5) is 0 Å². The molecule has 0 unspecified atom stereocenters. The van der Waals surface area contributed by atoms with Crippen LogP contribution >= 0.6 is 0 Å². The third kappa shape index (κ3) is 15.2. The molecule has 5 rings (SSSR count). The van der Waals surface area contributed by atoms with Gasteiger partial charge in [-0.25, -0.2) is 4.79 Å². The van der Waals surface area contributed by atoms with Crippen LogP contribution in [0.2, 0.25) is 0 Å². The lowest BCUT2D eigenvalue weighted by Crippen LogP contribution is -2.56. The maximum atomic E-state index is 14.2. The first-order valence-electron chi connectivity index (χ1n) is 23.0. The molecule has 0 aliphatic heterocycles. The van der Waals surface area contributed by atoms with Gasteiger partial charge in [0, 0.05) is 17.7 Å². The molecule has 5 aromatic rings. The Bertz CT molecular complexity index is 2400. The highest BCUT2D eigenvalue weighted by atomic mass is 16.5. The van der Waals surface area contributed by atoms with E-state index in [4.69, 9.17) is 31.4 Å². The number of rotatable bonds is 26. The highest BCUT2D eigenvalue weighted by molar-refractivity contribution is 6.10. The molecule has 5 aromatic carbocycles. The molecule has 0 fully saturated rings. The molecule has 14 heteroatoms. The number of esters is 1. The van der Waals surface area contributed by atoms with Gasteiger partial charge in [-0.2, -0.15) is 0 Å². The molecule has 9 N–H and O–H groups in total. The number of hydrogen-bond acceptors (Lipinski definition) is 9. The smallest absolute Gasteiger partial charge is 0.328 e. The number of carbonyl (C=O) groups excluding carboxylic acids is 4. The second kappa shape index (κ2) is 25.7. The van der Waals surface area contributed by atoms with Crippen LogP contribution in [0.15, 0.2) is 108 Å². The van der Waals surface area contributed by atoms with Crippen molar-refractivity contribution in [3.05, 3.63) is 109 Å². The standard InChI is InChI=1S/C52H67N7O7/c1-34(2)27-30-64-44-25-23-37-17-8-10-19-39(37)47(44)48-40-20-11-9-18-38(40)24-26-45(48)65-33-46(60)57-41(21-12-13-28-53)49(61)58-42(22-14-29-56-52(54)55)50(62)59-43(31-35(3)4)51(63)66-32-36-15-6-5-7-16-36/h5-11,15-20,23-26,34-35,41-43H,12-14,21-22,27-33,53H2,1-4H3,(H,57,60)(H,58,61)(H,59,62)(H4,54,55,56)/t41-,42-,43+/m1/s1. The number of carbonyl (C=O) groups is 4. The van der Waals surface area contributed by atoms with Crippen LogP contribution in [0.5, 0.6) is 11.5 Å². The van der Waals surface area contributed by atoms with Crippen molar-refractivity contribution in [2.24, 2.45) is 34.0 Å². The lowest BCUT2D eigenvalue weighted by molar-refractivity contribution is -0.150. The van der Waals surface area contributed by atoms with Crippen molar-refractivity contribution in [3.8, 4) is 22.6 Å². The monoisotopic (exact) mass is 902 g/mol. The fraction of sp³-hybridized carbons (Fsp3) is 0.404. The zero-order chi connectivity index (χ0) is 47.4. The van der Waals surface area contributed by atoms with Gasteiger partial charge < -0.3 is 47.4 Å². The summed E-state index contributed by atoms with van der Waals surface area (Å²) in [6.07, 6.45) is 3.01. The first-order valence-corrected chi connectivity index (χ1v) is 23.0. The van der Waals surface area contributed by atoms with Crippen molar-refractivity contribution >= 4 is 51.2 Å². The molecule has 0 aliphatic rings. The summed E-state index contributed by atoms with van der Waals surface area (Å²) in [5.74, 6) is -0.763. The molecule has 3 atom stereocenters. The number of fused-ring (bicyclic) bond motifs is 2. The van der Waals surface area contributed by atoms with Crippen LogP contribution in [0.25, 0.3) is 32.7 Å². The fourth-order valence-electron chi connectivity index (χ4n) is 7.64. The maximum absolute atomic E-state index is 14.2. The van der Waals surface area contributed by atoms with E-state index in [9.17, 15) is 19.2 Å². The van der Waals surface area contributed by atoms with E-state index in [2.05, 4.69) is 46.9 Å². The predicted octanol–water partition coefficient (Wildman–Crippen LogP) is 6.89. The summed E-state index contributed by atoms with van der Waals surface area (Å²) in [4.78, 5) is 59.5. The molecule has 3 amide bonds. The number of hydrogen-bond donors (Lipinski definition) is 6. The number of unbranched alkanes of at least 4 members (excludes halogenated alkanes) is 1. The maximum Gasteiger partial charge on any atom is 0.328 e. The fourth-order valence-corrected chi connectivity index (χ4v) is 7.64. The first-order chi connectivity index (χ1) is 31.8. The van der Waals surface area contributed by atoms with Gasteiger partial charge in [-0.1, -0.05) is 119 Å². The van der Waals surface area contributed by atoms with E-state index < -0.39 is 48.4 Å². The summed E-state index contributed by atoms with van der Waals surface area (Å²) < 4.78 is 18.5. The molecule has 0 saturated carbocycles. The van der Waals surface area contributed by atoms with Crippen molar-refractivity contribution in [1.29, 1.82) is 0 Å². The predicted molar refractivity (Wildman–Crippen MR) is 262 cm³/mol. The van der Waals surface area contributed by atoms with E-state index in [1.165, 1.54) is 0 Å². The van der Waals surface area contributed by atoms with Crippen LogP contribution in [-0.4, -0.2) is 74.1 Å². The minimum atomic E-state index is -1.11. The average molecular weight is 902 g/mol. The van der Waals surface area contributed by atoms with Crippen molar-refractivity contribution in [3.63, 3.8) is 0 Å². The molecule has 66 heavy (non-hydrogen) atoms. The number of guanidine groups is 1. The van der Waals surface area contributed by atoms with Gasteiger partial charge in [0.15, 0.2) is 12.6 Å². The van der Waals surface area contributed by atoms with Gasteiger partial charge in [-0.15, -0.1) is 0 Å². The topological polar surface area (TPSA) is 222 Å². The molecule has 0 aromatic heterocycles. The normalized spacial score (nSPS) is 12.6. The summed E-state index contributed by atoms with van der Waals surface area (Å²) >= 11 is 0. The number of nitrogens with zero attached hydrogens (tertiary/aromatic N) is 1. The Hall–Kier alpha value is -6.67. The Kier molecular flexibility index (Phi) is 19.6. The Morgan fingerprint density at radius 2 is 1.17 bits per heavy atom. The Morgan fingerprint density at radius 3 is 1.76 bits per heavy atom. The second-order valence-electron chi connectivity index (χ2n) is 17.3. The number of aliphatic imine (C=N–C) groups is 1. The Labute approximate surface area is 388 Å². The van der Waals surface area contributed by atoms with Gasteiger partial charge in [0.1, 0.15) is 36.2 Å². The van der Waals surface area contributed by atoms with Crippen molar-refractivity contribution in [2.45, 2.75) is 97.4 Å². The van der Waals surface area contributed by atoms with Crippen LogP contribution < -0.4 is 42.6 Å². The number of ether oxygens (including phenoxy) is 3. The molecule has 0 radical (unpaired) electrons. The van der Waals surface area contributed by atoms with E-state index >= 15 is 0 Å². The molecular formula is C52H67N7O7. The van der Waals surface area contributed by atoms with E-state index in [-0.39, 0.29) is 37.9 Å². The first kappa shape index (κ1) is 50.3. The Balaban J connectivity index is 1.37. The molecule has 0 heterocycles. The number of nitrogens with one attached hydrogen (secondary N) is 3. The minimum Gasteiger partial charge on any atom is -0.493 e. The van der Waals surface area contributed by atoms with Gasteiger partial charge >= 0.3 is 5.97 Å². The molecule has 0 bridgehead atoms. The summed E-state index contributed by atoms with van der Waals surface area (Å²) in [5.41, 5.74) is 19.4. The SMILES string of the molecule is CC(C)CCOc1ccc2ccccc2c1-c1c(OCC(=O)N[C@H](CCCCN)C(=O)N[C@H](CCCN=C(N)N)C(=O)N[C@@H](CC(C)C)C(=O)OCc2ccccc2)ccc2ccccc12. The van der Waals surface area contributed by atoms with Gasteiger partial charge in [-0.3, -0.25) is 19.4 Å². The highest BCUT2D eigenvalue weighted by Gasteiger charge is 2.31. The van der Waals surface area contributed by atoms with E-state index in [0.29, 0.717) is 56.3 Å². The molecule has 352 valence electrons. The van der Waals surface area contributed by atoms with Crippen molar-refractivity contribution in [1.82, 2.24) is 16.0 Å². The molecule has 0 saturated heterocycles. The van der Waals surface area contributed by atoms with E-state index in [0.717, 1.165) is 44.7 Å². The van der Waals surface area contributed by atoms with Gasteiger partial charge in [0.05, 0.1) is 6.61 Å². The number of benzene rings is 5. The minimum absolute atomic E-state index is 0.0293. The molecule has 0 spiro atoms. The second-order valence-corrected chi connectivity index (χ2v) is 17.3. The third-order valence-electron chi connectivity index (χ3n) is 11.1. The van der Waals surface area contributed by atoms with Crippen LogP contribution in [0.1, 0.15) is 78.2 Å². The summed E-state index contributed by atoms with van der Waals surface area (Å²) in [7, 11) is 0. The van der Waals surface area contributed by atoms with Gasteiger partial charge in [0.2, 0.25) is 11.8 Å². The average Bonchev–Trinajstić information content (AvgIpc) is 3.30. The summed E-state index contributed by atoms with van der Waals surface area (Å²) in [6.45, 7) is 8.92. The highest BCUT2D eigenvalue weighted by Crippen LogP contribution is 2.45. The van der Waals surface area contributed by atoms with Crippen LogP contribution in [-0.2, 0) is 30.5 Å². The van der Waals surface area contributed by atoms with E-state index in [1.807, 2.05) is 105 Å². The molecular weight excluding hydrogens is 835 g/mol. The third-order valence-corrected chi connectivity index (χ3v) is 11.1. The molecule has 0 aliphatic carbocycles. The zero-order valence-corrected chi connectivity index (χ0v) is 38.7. The summed E-state index contributed by atoms with van der Waals surface area (Å²) in [5, 5.41) is 12.4. The quantitative estimate of drug-likeness (QED) is 0.0146. The van der Waals surface area contributed by atoms with E-state index in [1.54, 1.807) is 0 Å².